The van der Waals surface area contributed by atoms with Crippen LogP contribution in [0.3, 0.4) is 0 Å². The molecule has 0 nitrogen and oxygen atoms in total. The minimum absolute atomic E-state index is 1.23. The van der Waals surface area contributed by atoms with E-state index >= 15 is 0 Å². The molecule has 0 spiro atoms. The third kappa shape index (κ3) is 3.96. The van der Waals surface area contributed by atoms with E-state index in [-0.39, 0.29) is 0 Å². The third-order valence-corrected chi connectivity index (χ3v) is 10.2. The molecule has 0 radical (unpaired) electrons. The van der Waals surface area contributed by atoms with Crippen LogP contribution in [0, 0.1) is 0 Å². The van der Waals surface area contributed by atoms with Gasteiger partial charge in [0.05, 0.1) is 0 Å². The Labute approximate surface area is 279 Å². The highest BCUT2D eigenvalue weighted by Gasteiger charge is 2.19. The number of hydrogen-bond donors (Lipinski definition) is 0. The van der Waals surface area contributed by atoms with Crippen molar-refractivity contribution in [2.75, 3.05) is 0 Å². The molecule has 222 valence electrons. The van der Waals surface area contributed by atoms with Gasteiger partial charge in [0.15, 0.2) is 0 Å². The van der Waals surface area contributed by atoms with Crippen LogP contribution < -0.4 is 0 Å². The van der Waals surface area contributed by atoms with Gasteiger partial charge in [-0.3, -0.25) is 0 Å². The second-order valence-corrected chi connectivity index (χ2v) is 12.8. The molecule has 0 amide bonds. The quantitative estimate of drug-likeness (QED) is 0.139. The lowest BCUT2D eigenvalue weighted by molar-refractivity contribution is 1.64. The first-order valence-electron chi connectivity index (χ1n) is 16.7. The molecule has 0 saturated carbocycles. The summed E-state index contributed by atoms with van der Waals surface area (Å²) < 4.78 is 0. The van der Waals surface area contributed by atoms with Crippen molar-refractivity contribution >= 4 is 64.6 Å². The molecular weight excluding hydrogens is 577 g/mol. The molecular formula is C48H30. The second-order valence-electron chi connectivity index (χ2n) is 12.8. The summed E-state index contributed by atoms with van der Waals surface area (Å²) in [5.41, 5.74) is 7.52. The predicted octanol–water partition coefficient (Wildman–Crippen LogP) is 13.6. The van der Waals surface area contributed by atoms with Gasteiger partial charge in [0.2, 0.25) is 0 Å². The van der Waals surface area contributed by atoms with E-state index in [2.05, 4.69) is 182 Å². The summed E-state index contributed by atoms with van der Waals surface area (Å²) in [6, 6.07) is 67.0. The van der Waals surface area contributed by atoms with Crippen LogP contribution in [-0.4, -0.2) is 0 Å². The summed E-state index contributed by atoms with van der Waals surface area (Å²) >= 11 is 0. The van der Waals surface area contributed by atoms with Crippen molar-refractivity contribution in [3.63, 3.8) is 0 Å². The molecule has 0 aliphatic carbocycles. The van der Waals surface area contributed by atoms with Crippen molar-refractivity contribution in [2.24, 2.45) is 0 Å². The summed E-state index contributed by atoms with van der Waals surface area (Å²) in [7, 11) is 0. The maximum Gasteiger partial charge on any atom is -0.00199 e. The van der Waals surface area contributed by atoms with Gasteiger partial charge in [0.1, 0.15) is 0 Å². The monoisotopic (exact) mass is 606 g/mol. The molecule has 10 aromatic rings. The molecule has 0 bridgehead atoms. The van der Waals surface area contributed by atoms with Gasteiger partial charge in [0, 0.05) is 0 Å². The Morgan fingerprint density at radius 2 is 0.604 bits per heavy atom. The fourth-order valence-electron chi connectivity index (χ4n) is 8.18. The predicted molar refractivity (Wildman–Crippen MR) is 208 cm³/mol. The topological polar surface area (TPSA) is 0 Å². The van der Waals surface area contributed by atoms with Gasteiger partial charge < -0.3 is 0 Å². The summed E-state index contributed by atoms with van der Waals surface area (Å²) in [6.07, 6.45) is 0. The summed E-state index contributed by atoms with van der Waals surface area (Å²) in [5, 5.41) is 15.5. The standard InChI is InChI=1S/C48H30/c1-3-15-31(16-4-1)46-40-25-13-14-26-41(40)47(32-17-5-2-6-18-32)44-29-33(27-28-42(44)46)43-30-45-36-21-8-7-19-34(36)35-20-9-11-23-38(35)48(45)39-24-12-10-22-37(39)43/h1-30H. The van der Waals surface area contributed by atoms with E-state index in [1.165, 1.54) is 98.0 Å². The molecule has 0 aliphatic rings. The molecule has 0 unspecified atom stereocenters. The minimum atomic E-state index is 1.23. The molecule has 0 fully saturated rings. The fraction of sp³-hybridized carbons (Fsp3) is 0. The number of fused-ring (bicyclic) bond motifs is 10. The molecule has 0 heterocycles. The highest BCUT2D eigenvalue weighted by molar-refractivity contribution is 6.33. The van der Waals surface area contributed by atoms with Gasteiger partial charge in [0.25, 0.3) is 0 Å². The minimum Gasteiger partial charge on any atom is -0.0622 e. The van der Waals surface area contributed by atoms with Crippen molar-refractivity contribution in [3.05, 3.63) is 182 Å². The van der Waals surface area contributed by atoms with Gasteiger partial charge in [-0.2, -0.15) is 0 Å². The Hall–Kier alpha value is -6.24. The molecule has 10 aromatic carbocycles. The van der Waals surface area contributed by atoms with Crippen LogP contribution in [-0.2, 0) is 0 Å². The van der Waals surface area contributed by atoms with Crippen LogP contribution in [0.4, 0.5) is 0 Å². The number of hydrogen-bond acceptors (Lipinski definition) is 0. The van der Waals surface area contributed by atoms with Crippen LogP contribution in [0.25, 0.3) is 98.0 Å². The maximum absolute atomic E-state index is 2.45. The first-order valence-corrected chi connectivity index (χ1v) is 16.7. The summed E-state index contributed by atoms with van der Waals surface area (Å²) in [5.74, 6) is 0. The van der Waals surface area contributed by atoms with E-state index < -0.39 is 0 Å². The molecule has 0 atom stereocenters. The van der Waals surface area contributed by atoms with Crippen LogP contribution in [0.2, 0.25) is 0 Å². The molecule has 0 heteroatoms. The van der Waals surface area contributed by atoms with Crippen molar-refractivity contribution in [3.8, 4) is 33.4 Å². The van der Waals surface area contributed by atoms with Crippen LogP contribution >= 0.6 is 0 Å². The lowest BCUT2D eigenvalue weighted by Crippen LogP contribution is -1.92. The average Bonchev–Trinajstić information content (AvgIpc) is 3.17. The van der Waals surface area contributed by atoms with Gasteiger partial charge in [-0.05, 0) is 110 Å². The van der Waals surface area contributed by atoms with Crippen molar-refractivity contribution in [2.45, 2.75) is 0 Å². The Kier molecular flexibility index (Phi) is 5.98. The Balaban J connectivity index is 1.37. The van der Waals surface area contributed by atoms with Gasteiger partial charge in [-0.1, -0.05) is 170 Å². The lowest BCUT2D eigenvalue weighted by atomic mass is 9.83. The average molecular weight is 607 g/mol. The smallest absolute Gasteiger partial charge is 0.00199 e. The highest BCUT2D eigenvalue weighted by atomic mass is 14.2. The van der Waals surface area contributed by atoms with Crippen molar-refractivity contribution in [1.29, 1.82) is 0 Å². The van der Waals surface area contributed by atoms with E-state index in [1.807, 2.05) is 0 Å². The van der Waals surface area contributed by atoms with E-state index in [4.69, 9.17) is 0 Å². The number of rotatable bonds is 3. The third-order valence-electron chi connectivity index (χ3n) is 10.2. The van der Waals surface area contributed by atoms with E-state index in [1.54, 1.807) is 0 Å². The first-order chi connectivity index (χ1) is 23.8. The molecule has 10 rings (SSSR count). The van der Waals surface area contributed by atoms with E-state index in [0.717, 1.165) is 0 Å². The Bertz CT molecular complexity index is 2860. The lowest BCUT2D eigenvalue weighted by Gasteiger charge is -2.20. The molecule has 0 aliphatic heterocycles. The maximum atomic E-state index is 2.45. The molecule has 0 saturated heterocycles. The van der Waals surface area contributed by atoms with Gasteiger partial charge >= 0.3 is 0 Å². The van der Waals surface area contributed by atoms with Gasteiger partial charge in [-0.15, -0.1) is 0 Å². The molecule has 0 N–H and O–H groups in total. The number of benzene rings is 10. The zero-order chi connectivity index (χ0) is 31.6. The van der Waals surface area contributed by atoms with Crippen LogP contribution in [0.15, 0.2) is 182 Å². The van der Waals surface area contributed by atoms with E-state index in [0.29, 0.717) is 0 Å². The summed E-state index contributed by atoms with van der Waals surface area (Å²) in [4.78, 5) is 0. The first kappa shape index (κ1) is 26.9. The summed E-state index contributed by atoms with van der Waals surface area (Å²) in [6.45, 7) is 0. The Morgan fingerprint density at radius 3 is 1.19 bits per heavy atom. The largest absolute Gasteiger partial charge is 0.0622 e. The molecule has 0 aromatic heterocycles. The SMILES string of the molecule is c1ccc(-c2c3ccccc3c(-c3ccccc3)c3cc(-c4cc5c6ccccc6c6ccccc6c5c5ccccc45)ccc23)cc1. The normalized spacial score (nSPS) is 11.8. The van der Waals surface area contributed by atoms with E-state index in [9.17, 15) is 0 Å². The zero-order valence-electron chi connectivity index (χ0n) is 26.3. The zero-order valence-corrected chi connectivity index (χ0v) is 26.3. The highest BCUT2D eigenvalue weighted by Crippen LogP contribution is 2.47. The van der Waals surface area contributed by atoms with Crippen LogP contribution in [0.5, 0.6) is 0 Å². The van der Waals surface area contributed by atoms with Gasteiger partial charge in [-0.25, -0.2) is 0 Å². The van der Waals surface area contributed by atoms with Crippen molar-refractivity contribution in [1.82, 2.24) is 0 Å². The van der Waals surface area contributed by atoms with Crippen LogP contribution in [0.1, 0.15) is 0 Å². The Morgan fingerprint density at radius 1 is 0.208 bits per heavy atom. The fourth-order valence-corrected chi connectivity index (χ4v) is 8.18. The second kappa shape index (κ2) is 10.7. The molecule has 48 heavy (non-hydrogen) atoms. The van der Waals surface area contributed by atoms with Crippen molar-refractivity contribution < 1.29 is 0 Å².